The zero-order valence-electron chi connectivity index (χ0n) is 20.7. The highest BCUT2D eigenvalue weighted by molar-refractivity contribution is 7.88. The number of rotatable bonds is 5. The molecule has 5 rings (SSSR count). The Balaban J connectivity index is 1.55. The van der Waals surface area contributed by atoms with E-state index in [2.05, 4.69) is 20.3 Å². The predicted molar refractivity (Wildman–Crippen MR) is 131 cm³/mol. The van der Waals surface area contributed by atoms with Gasteiger partial charge in [0.2, 0.25) is 16.0 Å². The van der Waals surface area contributed by atoms with Crippen molar-refractivity contribution in [3.8, 4) is 17.0 Å². The van der Waals surface area contributed by atoms with Crippen LogP contribution in [0.5, 0.6) is 5.75 Å². The second kappa shape index (κ2) is 8.82. The molecule has 1 saturated heterocycles. The lowest BCUT2D eigenvalue weighted by Gasteiger charge is -2.34. The molecule has 11 nitrogen and oxygen atoms in total. The maximum Gasteiger partial charge on any atom is 0.223 e. The highest BCUT2D eigenvalue weighted by Gasteiger charge is 2.35. The number of nitrogens with one attached hydrogen (secondary N) is 1. The van der Waals surface area contributed by atoms with Crippen molar-refractivity contribution in [3.63, 3.8) is 0 Å². The molecule has 4 heterocycles. The second-order valence-electron chi connectivity index (χ2n) is 10.1. The molecule has 3 atom stereocenters. The van der Waals surface area contributed by atoms with Gasteiger partial charge in [-0.3, -0.25) is 0 Å². The fraction of sp³-hybridized carbons (Fsp3) is 0.522. The Hall–Kier alpha value is -2.94. The molecular formula is C23H28F2N6O5S. The van der Waals surface area contributed by atoms with Crippen LogP contribution in [0.4, 0.5) is 14.7 Å². The Morgan fingerprint density at radius 1 is 1.24 bits per heavy atom. The number of anilines is 1. The molecule has 1 fully saturated rings. The summed E-state index contributed by atoms with van der Waals surface area (Å²) in [5.74, 6) is -1.12. The summed E-state index contributed by atoms with van der Waals surface area (Å²) >= 11 is 0. The molecule has 2 aliphatic rings. The van der Waals surface area contributed by atoms with Gasteiger partial charge in [-0.25, -0.2) is 32.2 Å². The van der Waals surface area contributed by atoms with Crippen LogP contribution in [0.3, 0.4) is 0 Å². The van der Waals surface area contributed by atoms with E-state index in [1.807, 2.05) is 6.92 Å². The van der Waals surface area contributed by atoms with Gasteiger partial charge in [-0.2, -0.15) is 4.31 Å². The summed E-state index contributed by atoms with van der Waals surface area (Å²) in [4.78, 5) is 12.5. The number of sulfonamides is 1. The Labute approximate surface area is 212 Å². The quantitative estimate of drug-likeness (QED) is 0.443. The molecule has 0 unspecified atom stereocenters. The van der Waals surface area contributed by atoms with Gasteiger partial charge in [0.05, 0.1) is 36.2 Å². The lowest BCUT2D eigenvalue weighted by molar-refractivity contribution is 0.0616. The van der Waals surface area contributed by atoms with Gasteiger partial charge < -0.3 is 24.8 Å². The number of halogens is 2. The number of β-amino-alcohol motifs (C(OH)–C–C–N with tert-alkyl or cyclic N) is 1. The zero-order chi connectivity index (χ0) is 26.9. The van der Waals surface area contributed by atoms with E-state index in [-0.39, 0.29) is 66.5 Å². The van der Waals surface area contributed by atoms with Gasteiger partial charge in [0.15, 0.2) is 17.4 Å². The maximum absolute atomic E-state index is 15.3. The van der Waals surface area contributed by atoms with Crippen LogP contribution in [-0.2, 0) is 15.6 Å². The van der Waals surface area contributed by atoms with Crippen molar-refractivity contribution in [2.45, 2.75) is 51.0 Å². The Bertz CT molecular complexity index is 1490. The van der Waals surface area contributed by atoms with Crippen LogP contribution in [0, 0.1) is 11.6 Å². The number of aliphatic hydroxyl groups excluding tert-OH is 1. The van der Waals surface area contributed by atoms with Gasteiger partial charge in [0.1, 0.15) is 34.8 Å². The minimum Gasteiger partial charge on any atom is -0.488 e. The molecule has 0 radical (unpaired) electrons. The fourth-order valence-electron chi connectivity index (χ4n) is 4.83. The second-order valence-corrected chi connectivity index (χ2v) is 12.1. The normalized spacial score (nSPS) is 22.8. The lowest BCUT2D eigenvalue weighted by atomic mass is 10.0. The van der Waals surface area contributed by atoms with Gasteiger partial charge in [-0.15, -0.1) is 0 Å². The number of benzene rings is 1. The Kier molecular flexibility index (Phi) is 6.13. The Morgan fingerprint density at radius 3 is 2.62 bits per heavy atom. The minimum absolute atomic E-state index is 0.00371. The van der Waals surface area contributed by atoms with Crippen LogP contribution in [0.15, 0.2) is 12.3 Å². The highest BCUT2D eigenvalue weighted by atomic mass is 32.2. The third-order valence-electron chi connectivity index (χ3n) is 6.65. The summed E-state index contributed by atoms with van der Waals surface area (Å²) in [7, 11) is -3.45. The molecule has 37 heavy (non-hydrogen) atoms. The van der Waals surface area contributed by atoms with Gasteiger partial charge in [0, 0.05) is 13.1 Å². The summed E-state index contributed by atoms with van der Waals surface area (Å²) in [5, 5.41) is 24.1. The molecule has 0 spiro atoms. The molecule has 2 aliphatic heterocycles. The third kappa shape index (κ3) is 4.51. The van der Waals surface area contributed by atoms with E-state index >= 15 is 8.78 Å². The summed E-state index contributed by atoms with van der Waals surface area (Å²) in [5.41, 5.74) is -1.24. The van der Waals surface area contributed by atoms with Crippen molar-refractivity contribution in [2.24, 2.45) is 0 Å². The van der Waals surface area contributed by atoms with Crippen molar-refractivity contribution < 1.29 is 32.1 Å². The molecule has 0 amide bonds. The predicted octanol–water partition coefficient (Wildman–Crippen LogP) is 1.76. The van der Waals surface area contributed by atoms with Crippen LogP contribution >= 0.6 is 0 Å². The van der Waals surface area contributed by atoms with Gasteiger partial charge in [0.25, 0.3) is 0 Å². The molecule has 14 heteroatoms. The zero-order valence-corrected chi connectivity index (χ0v) is 21.6. The minimum atomic E-state index is -3.45. The SMILES string of the molecule is C[C@H]1COc2c(-c3nc(N[C@@H]4CCN(S(C)(=O)=O)C[C@H]4O)ncc3F)cc(F)c3nc(C(C)(C)O)n1c23. The number of nitrogens with zero attached hydrogens (tertiary/aromatic N) is 5. The van der Waals surface area contributed by atoms with Gasteiger partial charge in [-0.1, -0.05) is 0 Å². The number of hydrogen-bond acceptors (Lipinski definition) is 9. The number of hydrogen-bond donors (Lipinski definition) is 3. The monoisotopic (exact) mass is 538 g/mol. The number of ether oxygens (including phenoxy) is 1. The van der Waals surface area contributed by atoms with Crippen LogP contribution in [-0.4, -0.2) is 80.6 Å². The summed E-state index contributed by atoms with van der Waals surface area (Å²) in [6.45, 7) is 5.22. The van der Waals surface area contributed by atoms with Crippen molar-refractivity contribution in [2.75, 3.05) is 31.3 Å². The number of piperidine rings is 1. The topological polar surface area (TPSA) is 143 Å². The van der Waals surface area contributed by atoms with Gasteiger partial charge >= 0.3 is 0 Å². The van der Waals surface area contributed by atoms with E-state index in [1.54, 1.807) is 18.4 Å². The number of aliphatic hydroxyl groups is 2. The highest BCUT2D eigenvalue weighted by Crippen LogP contribution is 2.44. The van der Waals surface area contributed by atoms with Crippen LogP contribution in [0.25, 0.3) is 22.3 Å². The van der Waals surface area contributed by atoms with Crippen LogP contribution < -0.4 is 10.1 Å². The third-order valence-corrected chi connectivity index (χ3v) is 7.92. The molecule has 3 N–H and O–H groups in total. The average Bonchev–Trinajstić information content (AvgIpc) is 3.23. The Morgan fingerprint density at radius 2 is 1.97 bits per heavy atom. The molecule has 0 saturated carbocycles. The molecule has 0 bridgehead atoms. The smallest absolute Gasteiger partial charge is 0.223 e. The lowest BCUT2D eigenvalue weighted by Crippen LogP contribution is -2.51. The van der Waals surface area contributed by atoms with Crippen LogP contribution in [0.2, 0.25) is 0 Å². The van der Waals surface area contributed by atoms with E-state index in [1.165, 1.54) is 4.31 Å². The molecular weight excluding hydrogens is 510 g/mol. The van der Waals surface area contributed by atoms with Gasteiger partial charge in [-0.05, 0) is 33.3 Å². The van der Waals surface area contributed by atoms with E-state index < -0.39 is 39.4 Å². The van der Waals surface area contributed by atoms with E-state index in [0.717, 1.165) is 18.5 Å². The molecule has 2 aromatic heterocycles. The van der Waals surface area contributed by atoms with E-state index in [4.69, 9.17) is 4.74 Å². The van der Waals surface area contributed by atoms with Crippen molar-refractivity contribution in [1.82, 2.24) is 23.8 Å². The average molecular weight is 539 g/mol. The first-order valence-corrected chi connectivity index (χ1v) is 13.6. The first-order valence-electron chi connectivity index (χ1n) is 11.8. The van der Waals surface area contributed by atoms with Crippen molar-refractivity contribution in [1.29, 1.82) is 0 Å². The van der Waals surface area contributed by atoms with Crippen molar-refractivity contribution >= 4 is 27.0 Å². The summed E-state index contributed by atoms with van der Waals surface area (Å²) in [6.07, 6.45) is 1.23. The molecule has 3 aromatic rings. The van der Waals surface area contributed by atoms with E-state index in [9.17, 15) is 18.6 Å². The first kappa shape index (κ1) is 25.7. The largest absolute Gasteiger partial charge is 0.488 e. The van der Waals surface area contributed by atoms with Crippen molar-refractivity contribution in [3.05, 3.63) is 29.7 Å². The van der Waals surface area contributed by atoms with Crippen LogP contribution in [0.1, 0.15) is 39.1 Å². The molecule has 0 aliphatic carbocycles. The van der Waals surface area contributed by atoms with E-state index in [0.29, 0.717) is 5.52 Å². The number of imidazole rings is 1. The molecule has 1 aromatic carbocycles. The molecule has 200 valence electrons. The maximum atomic E-state index is 15.3. The first-order chi connectivity index (χ1) is 17.3. The summed E-state index contributed by atoms with van der Waals surface area (Å²) < 4.78 is 62.7. The number of aromatic nitrogens is 4. The standard InChI is InChI=1S/C23H28F2N6O5S/c1-11-10-36-20-12(7-13(24)18-19(20)31(11)21(28-18)23(2,3)33)17-14(25)8-26-22(29-17)27-15-5-6-30(9-16(15)32)37(4,34)35/h7-8,11,15-16,32-33H,5-6,9-10H2,1-4H3,(H,26,27,29)/t11-,15+,16+/m0/s1. The summed E-state index contributed by atoms with van der Waals surface area (Å²) in [6, 6.07) is 0.246. The fourth-order valence-corrected chi connectivity index (χ4v) is 5.69.